The maximum absolute atomic E-state index is 11.9. The molecule has 1 aromatic heterocycles. The Kier molecular flexibility index (Phi) is 4.77. The molecule has 20 heavy (non-hydrogen) atoms. The largest absolute Gasteiger partial charge is 0.383 e. The fourth-order valence-corrected chi connectivity index (χ4v) is 2.46. The van der Waals surface area contributed by atoms with Gasteiger partial charge in [-0.3, -0.25) is 9.48 Å². The van der Waals surface area contributed by atoms with Crippen LogP contribution in [0.4, 0.5) is 0 Å². The molecule has 2 unspecified atom stereocenters. The molecule has 1 aliphatic carbocycles. The van der Waals surface area contributed by atoms with E-state index in [-0.39, 0.29) is 18.6 Å². The number of nitrogens with one attached hydrogen (secondary N) is 1. The summed E-state index contributed by atoms with van der Waals surface area (Å²) in [5.74, 6) is -0.149. The summed E-state index contributed by atoms with van der Waals surface area (Å²) in [7, 11) is 1.54. The van der Waals surface area contributed by atoms with Crippen molar-refractivity contribution >= 4 is 5.91 Å². The zero-order valence-electron chi connectivity index (χ0n) is 12.4. The average Bonchev–Trinajstić information content (AvgIpc) is 2.82. The summed E-state index contributed by atoms with van der Waals surface area (Å²) in [5.41, 5.74) is 8.12. The van der Waals surface area contributed by atoms with E-state index < -0.39 is 6.04 Å². The molecule has 0 spiro atoms. The predicted octanol–water partition coefficient (Wildman–Crippen LogP) is 0.411. The first-order valence-electron chi connectivity index (χ1n) is 7.13. The molecule has 3 N–H and O–H groups in total. The number of hydrogen-bond acceptors (Lipinski definition) is 4. The lowest BCUT2D eigenvalue weighted by Gasteiger charge is -2.23. The van der Waals surface area contributed by atoms with Gasteiger partial charge in [0.25, 0.3) is 0 Å². The van der Waals surface area contributed by atoms with Crippen LogP contribution in [0.25, 0.3) is 0 Å². The molecular weight excluding hydrogens is 256 g/mol. The smallest absolute Gasteiger partial charge is 0.239 e. The van der Waals surface area contributed by atoms with Crippen molar-refractivity contribution in [3.8, 4) is 0 Å². The van der Waals surface area contributed by atoms with E-state index in [2.05, 4.69) is 30.5 Å². The van der Waals surface area contributed by atoms with E-state index in [1.54, 1.807) is 7.11 Å². The normalized spacial score (nSPS) is 19.8. The van der Waals surface area contributed by atoms with Gasteiger partial charge in [-0.25, -0.2) is 0 Å². The fraction of sp³-hybridized carbons (Fsp3) is 0.714. The maximum Gasteiger partial charge on any atom is 0.239 e. The summed E-state index contributed by atoms with van der Waals surface area (Å²) in [4.78, 5) is 11.9. The van der Waals surface area contributed by atoms with Crippen LogP contribution in [-0.4, -0.2) is 41.5 Å². The van der Waals surface area contributed by atoms with Crippen LogP contribution < -0.4 is 11.1 Å². The lowest BCUT2D eigenvalue weighted by molar-refractivity contribution is -0.124. The molecule has 0 radical (unpaired) electrons. The third-order valence-corrected chi connectivity index (χ3v) is 3.66. The summed E-state index contributed by atoms with van der Waals surface area (Å²) < 4.78 is 6.89. The Bertz CT molecular complexity index is 470. The van der Waals surface area contributed by atoms with Crippen LogP contribution in [0, 0.1) is 0 Å². The second-order valence-corrected chi connectivity index (χ2v) is 5.68. The highest BCUT2D eigenvalue weighted by Crippen LogP contribution is 2.21. The molecule has 112 valence electrons. The van der Waals surface area contributed by atoms with E-state index in [0.717, 1.165) is 25.0 Å². The number of carbonyl (C=O) groups is 1. The van der Waals surface area contributed by atoms with Crippen molar-refractivity contribution in [3.63, 3.8) is 0 Å². The number of rotatable bonds is 5. The van der Waals surface area contributed by atoms with Crippen molar-refractivity contribution in [1.82, 2.24) is 15.1 Å². The van der Waals surface area contributed by atoms with Crippen LogP contribution in [0.1, 0.15) is 37.6 Å². The summed E-state index contributed by atoms with van der Waals surface area (Å²) in [6.45, 7) is 4.47. The monoisotopic (exact) mass is 280 g/mol. The Morgan fingerprint density at radius 3 is 3.05 bits per heavy atom. The number of nitrogens with zero attached hydrogens (tertiary/aromatic N) is 2. The molecule has 0 aromatic carbocycles. The van der Waals surface area contributed by atoms with Crippen molar-refractivity contribution < 1.29 is 9.53 Å². The number of amides is 1. The molecule has 6 heteroatoms. The van der Waals surface area contributed by atoms with Gasteiger partial charge in [-0.15, -0.1) is 0 Å². The number of hydrogen-bond donors (Lipinski definition) is 2. The minimum absolute atomic E-state index is 0.119. The van der Waals surface area contributed by atoms with Gasteiger partial charge >= 0.3 is 0 Å². The zero-order chi connectivity index (χ0) is 14.7. The number of aryl methyl sites for hydroxylation is 1. The molecule has 0 bridgehead atoms. The molecule has 1 heterocycles. The lowest BCUT2D eigenvalue weighted by atomic mass is 9.93. The van der Waals surface area contributed by atoms with Gasteiger partial charge < -0.3 is 15.8 Å². The first-order chi connectivity index (χ1) is 9.51. The van der Waals surface area contributed by atoms with E-state index in [9.17, 15) is 4.79 Å². The zero-order valence-corrected chi connectivity index (χ0v) is 12.4. The molecular formula is C14H24N4O2. The van der Waals surface area contributed by atoms with E-state index in [0.29, 0.717) is 6.04 Å². The number of nitrogens with two attached hydrogens (primary N) is 1. The molecule has 0 saturated carbocycles. The van der Waals surface area contributed by atoms with E-state index >= 15 is 0 Å². The second kappa shape index (κ2) is 6.37. The van der Waals surface area contributed by atoms with Crippen LogP contribution in [0.15, 0.2) is 6.20 Å². The number of methoxy groups -OCH3 is 1. The Hall–Kier alpha value is -1.40. The van der Waals surface area contributed by atoms with Crippen LogP contribution >= 0.6 is 0 Å². The number of fused-ring (bicyclic) bond motifs is 1. The van der Waals surface area contributed by atoms with E-state index in [4.69, 9.17) is 10.5 Å². The van der Waals surface area contributed by atoms with Gasteiger partial charge in [0.15, 0.2) is 0 Å². The van der Waals surface area contributed by atoms with E-state index in [1.807, 2.05) is 4.68 Å². The summed E-state index contributed by atoms with van der Waals surface area (Å²) in [6.07, 6.45) is 4.78. The highest BCUT2D eigenvalue weighted by atomic mass is 16.5. The Balaban J connectivity index is 1.95. The SMILES string of the molecule is COCC(N)C(=O)NC1CCc2cn(C(C)C)nc2C1. The topological polar surface area (TPSA) is 82.2 Å². The van der Waals surface area contributed by atoms with Crippen molar-refractivity contribution in [2.75, 3.05) is 13.7 Å². The standard InChI is InChI=1S/C14H24N4O2/c1-9(2)18-7-10-4-5-11(6-13(10)17-18)16-14(19)12(15)8-20-3/h7,9,11-12H,4-6,8,15H2,1-3H3,(H,16,19). The van der Waals surface area contributed by atoms with Crippen LogP contribution in [0.3, 0.4) is 0 Å². The van der Waals surface area contributed by atoms with Crippen molar-refractivity contribution in [3.05, 3.63) is 17.5 Å². The van der Waals surface area contributed by atoms with Crippen molar-refractivity contribution in [1.29, 1.82) is 0 Å². The summed E-state index contributed by atoms with van der Waals surface area (Å²) in [6, 6.07) is -0.119. The summed E-state index contributed by atoms with van der Waals surface area (Å²) >= 11 is 0. The van der Waals surface area contributed by atoms with Gasteiger partial charge in [0.2, 0.25) is 5.91 Å². The van der Waals surface area contributed by atoms with Gasteiger partial charge in [-0.1, -0.05) is 0 Å². The third-order valence-electron chi connectivity index (χ3n) is 3.66. The molecule has 2 rings (SSSR count). The van der Waals surface area contributed by atoms with Gasteiger partial charge in [0, 0.05) is 31.8 Å². The van der Waals surface area contributed by atoms with Gasteiger partial charge in [-0.05, 0) is 32.3 Å². The molecule has 0 saturated heterocycles. The molecule has 0 aliphatic heterocycles. The maximum atomic E-state index is 11.9. The van der Waals surface area contributed by atoms with Gasteiger partial charge in [0.1, 0.15) is 6.04 Å². The predicted molar refractivity (Wildman–Crippen MR) is 76.4 cm³/mol. The molecule has 6 nitrogen and oxygen atoms in total. The van der Waals surface area contributed by atoms with Crippen LogP contribution in [0.5, 0.6) is 0 Å². The second-order valence-electron chi connectivity index (χ2n) is 5.68. The average molecular weight is 280 g/mol. The van der Waals surface area contributed by atoms with Crippen LogP contribution in [0.2, 0.25) is 0 Å². The Morgan fingerprint density at radius 1 is 1.65 bits per heavy atom. The summed E-state index contributed by atoms with van der Waals surface area (Å²) in [5, 5.41) is 7.59. The van der Waals surface area contributed by atoms with E-state index in [1.165, 1.54) is 5.56 Å². The van der Waals surface area contributed by atoms with Gasteiger partial charge in [-0.2, -0.15) is 5.10 Å². The first-order valence-corrected chi connectivity index (χ1v) is 7.13. The molecule has 0 fully saturated rings. The molecule has 1 amide bonds. The first kappa shape index (κ1) is 15.0. The number of aromatic nitrogens is 2. The quantitative estimate of drug-likeness (QED) is 0.818. The highest BCUT2D eigenvalue weighted by molar-refractivity contribution is 5.81. The number of ether oxygens (including phenoxy) is 1. The molecule has 1 aromatic rings. The molecule has 1 aliphatic rings. The van der Waals surface area contributed by atoms with Crippen molar-refractivity contribution in [2.24, 2.45) is 5.73 Å². The van der Waals surface area contributed by atoms with Crippen LogP contribution in [-0.2, 0) is 22.4 Å². The minimum atomic E-state index is -0.602. The minimum Gasteiger partial charge on any atom is -0.383 e. The Morgan fingerprint density at radius 2 is 2.40 bits per heavy atom. The lowest BCUT2D eigenvalue weighted by Crippen LogP contribution is -2.48. The third kappa shape index (κ3) is 3.37. The Labute approximate surface area is 119 Å². The molecule has 2 atom stereocenters. The fourth-order valence-electron chi connectivity index (χ4n) is 2.46. The van der Waals surface area contributed by atoms with Gasteiger partial charge in [0.05, 0.1) is 12.3 Å². The van der Waals surface area contributed by atoms with Crippen molar-refractivity contribution in [2.45, 2.75) is 51.2 Å². The number of carbonyl (C=O) groups excluding carboxylic acids is 1. The highest BCUT2D eigenvalue weighted by Gasteiger charge is 2.25.